The van der Waals surface area contributed by atoms with E-state index in [1.54, 1.807) is 11.3 Å². The number of hydrogen-bond donors (Lipinski definition) is 2. The summed E-state index contributed by atoms with van der Waals surface area (Å²) in [6, 6.07) is 13.6. The monoisotopic (exact) mass is 406 g/mol. The first-order valence-electron chi connectivity index (χ1n) is 9.31. The van der Waals surface area contributed by atoms with E-state index in [1.165, 1.54) is 17.7 Å². The summed E-state index contributed by atoms with van der Waals surface area (Å²) in [5.74, 6) is -0.301. The number of thiophene rings is 1. The fraction of sp³-hybridized carbons (Fsp3) is 0.450. The van der Waals surface area contributed by atoms with Gasteiger partial charge in [-0.15, -0.1) is 11.3 Å². The molecule has 7 heteroatoms. The first-order chi connectivity index (χ1) is 13.0. The van der Waals surface area contributed by atoms with Gasteiger partial charge in [0.25, 0.3) is 0 Å². The topological polar surface area (TPSA) is 75.3 Å². The van der Waals surface area contributed by atoms with Crippen LogP contribution in [0.5, 0.6) is 0 Å². The van der Waals surface area contributed by atoms with Crippen molar-refractivity contribution in [3.05, 3.63) is 58.3 Å². The first kappa shape index (κ1) is 20.0. The summed E-state index contributed by atoms with van der Waals surface area (Å²) in [6.45, 7) is 0.357. The van der Waals surface area contributed by atoms with Crippen LogP contribution in [0.4, 0.5) is 0 Å². The summed E-state index contributed by atoms with van der Waals surface area (Å²) >= 11 is 1.73. The maximum Gasteiger partial charge on any atom is 0.235 e. The average molecular weight is 407 g/mol. The maximum atomic E-state index is 12.2. The van der Waals surface area contributed by atoms with Gasteiger partial charge < -0.3 is 5.32 Å². The molecule has 0 radical (unpaired) electrons. The Balaban J connectivity index is 1.46. The van der Waals surface area contributed by atoms with Crippen LogP contribution < -0.4 is 10.0 Å². The van der Waals surface area contributed by atoms with Gasteiger partial charge in [-0.05, 0) is 36.3 Å². The molecule has 27 heavy (non-hydrogen) atoms. The van der Waals surface area contributed by atoms with Gasteiger partial charge in [0.1, 0.15) is 0 Å². The Bertz CT molecular complexity index is 827. The third-order valence-electron chi connectivity index (χ3n) is 5.18. The van der Waals surface area contributed by atoms with Crippen LogP contribution in [0.15, 0.2) is 47.8 Å². The minimum atomic E-state index is -3.48. The molecule has 0 spiro atoms. The average Bonchev–Trinajstić information content (AvgIpc) is 3.36. The number of carbonyl (C=O) groups excluding carboxylic acids is 1. The highest BCUT2D eigenvalue weighted by Gasteiger charge is 2.36. The van der Waals surface area contributed by atoms with Gasteiger partial charge in [0, 0.05) is 16.8 Å². The van der Waals surface area contributed by atoms with E-state index in [9.17, 15) is 13.2 Å². The van der Waals surface area contributed by atoms with Crippen LogP contribution in [0.2, 0.25) is 0 Å². The molecule has 0 unspecified atom stereocenters. The van der Waals surface area contributed by atoms with Crippen LogP contribution in [-0.4, -0.2) is 33.2 Å². The molecule has 1 aromatic carbocycles. The molecule has 1 aliphatic carbocycles. The fourth-order valence-electron chi connectivity index (χ4n) is 3.62. The predicted octanol–water partition coefficient (Wildman–Crippen LogP) is 2.84. The third kappa shape index (κ3) is 5.64. The molecule has 1 aromatic heterocycles. The highest BCUT2D eigenvalue weighted by Crippen LogP contribution is 2.42. The minimum Gasteiger partial charge on any atom is -0.354 e. The van der Waals surface area contributed by atoms with Crippen LogP contribution in [0, 0.1) is 0 Å². The molecular weight excluding hydrogens is 380 g/mol. The molecule has 0 saturated heterocycles. The van der Waals surface area contributed by atoms with E-state index in [0.717, 1.165) is 18.4 Å². The Labute approximate surface area is 165 Å². The van der Waals surface area contributed by atoms with Gasteiger partial charge in [-0.2, -0.15) is 0 Å². The fourth-order valence-corrected chi connectivity index (χ4v) is 5.60. The number of rotatable bonds is 9. The number of sulfonamides is 1. The van der Waals surface area contributed by atoms with Crippen molar-refractivity contribution in [3.63, 3.8) is 0 Å². The van der Waals surface area contributed by atoms with E-state index in [2.05, 4.69) is 21.5 Å². The van der Waals surface area contributed by atoms with E-state index >= 15 is 0 Å². The molecule has 0 atom stereocenters. The number of aryl methyl sites for hydroxylation is 1. The Morgan fingerprint density at radius 1 is 1.07 bits per heavy atom. The van der Waals surface area contributed by atoms with Crippen molar-refractivity contribution in [2.75, 3.05) is 18.8 Å². The van der Waals surface area contributed by atoms with Gasteiger partial charge in [-0.3, -0.25) is 4.79 Å². The van der Waals surface area contributed by atoms with Crippen molar-refractivity contribution in [3.8, 4) is 0 Å². The van der Waals surface area contributed by atoms with E-state index in [1.807, 2.05) is 36.4 Å². The molecule has 1 saturated carbocycles. The van der Waals surface area contributed by atoms with E-state index in [4.69, 9.17) is 0 Å². The number of hydrogen-bond acceptors (Lipinski definition) is 4. The molecule has 1 amide bonds. The number of carbonyl (C=O) groups is 1. The van der Waals surface area contributed by atoms with E-state index in [-0.39, 0.29) is 23.6 Å². The van der Waals surface area contributed by atoms with Crippen LogP contribution in [0.3, 0.4) is 0 Å². The maximum absolute atomic E-state index is 12.2. The van der Waals surface area contributed by atoms with Crippen molar-refractivity contribution in [2.45, 2.75) is 37.5 Å². The number of benzene rings is 1. The summed E-state index contributed by atoms with van der Waals surface area (Å²) in [7, 11) is -3.48. The first-order valence-corrected chi connectivity index (χ1v) is 11.8. The highest BCUT2D eigenvalue weighted by atomic mass is 32.2. The van der Waals surface area contributed by atoms with Crippen LogP contribution >= 0.6 is 11.3 Å². The van der Waals surface area contributed by atoms with E-state index < -0.39 is 10.0 Å². The lowest BCUT2D eigenvalue weighted by molar-refractivity contribution is -0.120. The van der Waals surface area contributed by atoms with Crippen molar-refractivity contribution in [1.29, 1.82) is 0 Å². The Kier molecular flexibility index (Phi) is 6.68. The second-order valence-corrected chi connectivity index (χ2v) is 9.99. The third-order valence-corrected chi connectivity index (χ3v) is 7.63. The van der Waals surface area contributed by atoms with Gasteiger partial charge >= 0.3 is 0 Å². The lowest BCUT2D eigenvalue weighted by Crippen LogP contribution is -2.43. The van der Waals surface area contributed by atoms with Crippen molar-refractivity contribution in [1.82, 2.24) is 10.0 Å². The zero-order valence-corrected chi connectivity index (χ0v) is 16.9. The van der Waals surface area contributed by atoms with Gasteiger partial charge in [0.15, 0.2) is 0 Å². The summed E-state index contributed by atoms with van der Waals surface area (Å²) < 4.78 is 26.7. The molecule has 3 rings (SSSR count). The van der Waals surface area contributed by atoms with Crippen LogP contribution in [-0.2, 0) is 26.7 Å². The van der Waals surface area contributed by atoms with Gasteiger partial charge in [-0.1, -0.05) is 49.2 Å². The molecular formula is C20H26N2O3S2. The summed E-state index contributed by atoms with van der Waals surface area (Å²) in [4.78, 5) is 13.5. The predicted molar refractivity (Wildman–Crippen MR) is 109 cm³/mol. The summed E-state index contributed by atoms with van der Waals surface area (Å²) in [5, 5.41) is 5.01. The van der Waals surface area contributed by atoms with Crippen molar-refractivity contribution in [2.24, 2.45) is 0 Å². The standard InChI is InChI=1S/C20H26N2O3S2/c23-19(15-22-27(24,25)14-10-17-7-2-1-3-8-17)21-16-20(11-4-5-12-20)18-9-6-13-26-18/h1-3,6-9,13,22H,4-5,10-12,14-16H2,(H,21,23). The molecule has 5 nitrogen and oxygen atoms in total. The quantitative estimate of drug-likeness (QED) is 0.672. The molecule has 1 aliphatic rings. The van der Waals surface area contributed by atoms with Gasteiger partial charge in [0.2, 0.25) is 15.9 Å². The number of nitrogens with one attached hydrogen (secondary N) is 2. The summed E-state index contributed by atoms with van der Waals surface area (Å²) in [5.41, 5.74) is 0.974. The molecule has 2 aromatic rings. The molecule has 1 heterocycles. The molecule has 0 aliphatic heterocycles. The van der Waals surface area contributed by atoms with Crippen LogP contribution in [0.25, 0.3) is 0 Å². The van der Waals surface area contributed by atoms with Gasteiger partial charge in [-0.25, -0.2) is 13.1 Å². The molecule has 1 fully saturated rings. The second kappa shape index (κ2) is 8.99. The van der Waals surface area contributed by atoms with Gasteiger partial charge in [0.05, 0.1) is 12.3 Å². The second-order valence-electron chi connectivity index (χ2n) is 7.12. The molecule has 0 bridgehead atoms. The zero-order chi connectivity index (χ0) is 19.2. The largest absolute Gasteiger partial charge is 0.354 e. The highest BCUT2D eigenvalue weighted by molar-refractivity contribution is 7.89. The lowest BCUT2D eigenvalue weighted by Gasteiger charge is -2.28. The lowest BCUT2D eigenvalue weighted by atomic mass is 9.84. The zero-order valence-electron chi connectivity index (χ0n) is 15.3. The SMILES string of the molecule is O=C(CNS(=O)(=O)CCc1ccccc1)NCC1(c2cccs2)CCCC1. The molecule has 146 valence electrons. The van der Waals surface area contributed by atoms with Crippen molar-refractivity contribution >= 4 is 27.3 Å². The minimum absolute atomic E-state index is 0.00993. The van der Waals surface area contributed by atoms with E-state index in [0.29, 0.717) is 13.0 Å². The Morgan fingerprint density at radius 3 is 2.48 bits per heavy atom. The van der Waals surface area contributed by atoms with Crippen molar-refractivity contribution < 1.29 is 13.2 Å². The Hall–Kier alpha value is -1.70. The van der Waals surface area contributed by atoms with Crippen LogP contribution in [0.1, 0.15) is 36.1 Å². The number of amides is 1. The smallest absolute Gasteiger partial charge is 0.235 e. The molecule has 2 N–H and O–H groups in total. The Morgan fingerprint density at radius 2 is 1.81 bits per heavy atom. The summed E-state index contributed by atoms with van der Waals surface area (Å²) in [6.07, 6.45) is 4.90. The normalized spacial score (nSPS) is 16.3.